The summed E-state index contributed by atoms with van der Waals surface area (Å²) in [5.41, 5.74) is 0.336. The molecule has 2 N–H and O–H groups in total. The van der Waals surface area contributed by atoms with Gasteiger partial charge in [-0.05, 0) is 6.07 Å². The fourth-order valence-electron chi connectivity index (χ4n) is 1.45. The van der Waals surface area contributed by atoms with Gasteiger partial charge in [-0.1, -0.05) is 0 Å². The molecule has 5 nitrogen and oxygen atoms in total. The van der Waals surface area contributed by atoms with Crippen LogP contribution in [-0.4, -0.2) is 25.5 Å². The Balaban J connectivity index is 2.55. The third-order valence-corrected chi connectivity index (χ3v) is 2.22. The molecule has 0 aliphatic carbocycles. The van der Waals surface area contributed by atoms with E-state index < -0.39 is 17.6 Å². The van der Waals surface area contributed by atoms with Crippen molar-refractivity contribution in [3.8, 4) is 5.75 Å². The van der Waals surface area contributed by atoms with Crippen LogP contribution in [0.3, 0.4) is 0 Å². The maximum absolute atomic E-state index is 13.4. The molecular formula is C10H9FN2O3. The summed E-state index contributed by atoms with van der Waals surface area (Å²) < 4.78 is 18.1. The van der Waals surface area contributed by atoms with E-state index in [1.54, 1.807) is 0 Å². The highest BCUT2D eigenvalue weighted by molar-refractivity contribution is 6.08. The monoisotopic (exact) mass is 224 g/mol. The molecule has 0 unspecified atom stereocenters. The number of fused-ring (bicyclic) bond motifs is 1. The van der Waals surface area contributed by atoms with E-state index in [0.717, 1.165) is 6.07 Å². The molecule has 0 saturated heterocycles. The molecule has 6 heteroatoms. The molecular weight excluding hydrogens is 215 g/mol. The molecule has 1 aromatic carbocycles. The number of carbonyl (C=O) groups excluding carboxylic acids is 2. The van der Waals surface area contributed by atoms with Crippen LogP contribution in [0.5, 0.6) is 5.75 Å². The van der Waals surface area contributed by atoms with Crippen LogP contribution in [-0.2, 0) is 4.79 Å². The minimum Gasteiger partial charge on any atom is -0.494 e. The quantitative estimate of drug-likeness (QED) is 0.730. The molecule has 16 heavy (non-hydrogen) atoms. The third kappa shape index (κ3) is 1.69. The molecule has 0 aromatic heterocycles. The van der Waals surface area contributed by atoms with Gasteiger partial charge in [0, 0.05) is 6.07 Å². The van der Waals surface area contributed by atoms with Crippen molar-refractivity contribution in [3.05, 3.63) is 23.5 Å². The summed E-state index contributed by atoms with van der Waals surface area (Å²) in [6, 6.07) is 2.32. The van der Waals surface area contributed by atoms with E-state index in [4.69, 9.17) is 4.74 Å². The van der Waals surface area contributed by atoms with Gasteiger partial charge in [0.25, 0.3) is 5.91 Å². The first-order chi connectivity index (χ1) is 7.61. The van der Waals surface area contributed by atoms with Crippen LogP contribution in [0.25, 0.3) is 0 Å². The maximum Gasteiger partial charge on any atom is 0.253 e. The Morgan fingerprint density at radius 2 is 2.12 bits per heavy atom. The van der Waals surface area contributed by atoms with Gasteiger partial charge in [-0.3, -0.25) is 9.59 Å². The Morgan fingerprint density at radius 1 is 1.38 bits per heavy atom. The number of halogens is 1. The van der Waals surface area contributed by atoms with Crippen LogP contribution in [0.15, 0.2) is 12.1 Å². The topological polar surface area (TPSA) is 67.4 Å². The second kappa shape index (κ2) is 3.80. The molecule has 0 radical (unpaired) electrons. The molecule has 0 fully saturated rings. The van der Waals surface area contributed by atoms with Gasteiger partial charge in [-0.2, -0.15) is 0 Å². The summed E-state index contributed by atoms with van der Waals surface area (Å²) in [5.74, 6) is -1.50. The van der Waals surface area contributed by atoms with Crippen molar-refractivity contribution in [2.24, 2.45) is 0 Å². The zero-order valence-corrected chi connectivity index (χ0v) is 8.46. The number of carbonyl (C=O) groups is 2. The van der Waals surface area contributed by atoms with Gasteiger partial charge in [0.2, 0.25) is 5.91 Å². The van der Waals surface area contributed by atoms with Crippen LogP contribution in [0, 0.1) is 5.82 Å². The van der Waals surface area contributed by atoms with E-state index in [0.29, 0.717) is 0 Å². The molecule has 0 atom stereocenters. The minimum absolute atomic E-state index is 0.0370. The van der Waals surface area contributed by atoms with Crippen molar-refractivity contribution in [2.45, 2.75) is 0 Å². The van der Waals surface area contributed by atoms with E-state index in [-0.39, 0.29) is 23.5 Å². The van der Waals surface area contributed by atoms with Gasteiger partial charge >= 0.3 is 0 Å². The van der Waals surface area contributed by atoms with Crippen LogP contribution in [0.4, 0.5) is 10.1 Å². The first-order valence-corrected chi connectivity index (χ1v) is 4.57. The number of benzene rings is 1. The lowest BCUT2D eigenvalue weighted by Crippen LogP contribution is -2.28. The van der Waals surface area contributed by atoms with Crippen LogP contribution in [0.2, 0.25) is 0 Å². The van der Waals surface area contributed by atoms with Gasteiger partial charge in [0.15, 0.2) is 11.6 Å². The molecule has 1 aliphatic heterocycles. The maximum atomic E-state index is 13.4. The van der Waals surface area contributed by atoms with E-state index in [9.17, 15) is 14.0 Å². The minimum atomic E-state index is -0.628. The summed E-state index contributed by atoms with van der Waals surface area (Å²) in [6.45, 7) is -0.128. The van der Waals surface area contributed by atoms with Crippen molar-refractivity contribution in [1.82, 2.24) is 5.32 Å². The Labute approximate surface area is 90.6 Å². The van der Waals surface area contributed by atoms with Gasteiger partial charge in [0.1, 0.15) is 0 Å². The highest BCUT2D eigenvalue weighted by atomic mass is 19.1. The predicted molar refractivity (Wildman–Crippen MR) is 53.9 cm³/mol. The SMILES string of the molecule is COc1cc2c(cc1F)NC(=O)CNC2=O. The second-order valence-corrected chi connectivity index (χ2v) is 3.26. The molecule has 1 aromatic rings. The lowest BCUT2D eigenvalue weighted by molar-refractivity contribution is -0.115. The van der Waals surface area contributed by atoms with Crippen molar-refractivity contribution < 1.29 is 18.7 Å². The van der Waals surface area contributed by atoms with E-state index in [2.05, 4.69) is 10.6 Å². The highest BCUT2D eigenvalue weighted by Gasteiger charge is 2.21. The Bertz CT molecular complexity index is 473. The van der Waals surface area contributed by atoms with Crippen LogP contribution < -0.4 is 15.4 Å². The van der Waals surface area contributed by atoms with Crippen molar-refractivity contribution >= 4 is 17.5 Å². The van der Waals surface area contributed by atoms with Gasteiger partial charge in [-0.15, -0.1) is 0 Å². The summed E-state index contributed by atoms with van der Waals surface area (Å²) >= 11 is 0. The van der Waals surface area contributed by atoms with Gasteiger partial charge in [-0.25, -0.2) is 4.39 Å². The second-order valence-electron chi connectivity index (χ2n) is 3.26. The zero-order valence-electron chi connectivity index (χ0n) is 8.46. The lowest BCUT2D eigenvalue weighted by atomic mass is 10.1. The molecule has 2 amide bonds. The van der Waals surface area contributed by atoms with Crippen molar-refractivity contribution in [1.29, 1.82) is 0 Å². The summed E-state index contributed by atoms with van der Waals surface area (Å²) in [5, 5.41) is 4.82. The Hall–Kier alpha value is -2.11. The number of hydrogen-bond donors (Lipinski definition) is 2. The summed E-state index contributed by atoms with van der Waals surface area (Å²) in [4.78, 5) is 22.7. The summed E-state index contributed by atoms with van der Waals surface area (Å²) in [7, 11) is 1.30. The average Bonchev–Trinajstić information content (AvgIpc) is 2.38. The lowest BCUT2D eigenvalue weighted by Gasteiger charge is -2.08. The molecule has 0 saturated carbocycles. The number of amides is 2. The van der Waals surface area contributed by atoms with Crippen molar-refractivity contribution in [2.75, 3.05) is 19.0 Å². The fraction of sp³-hybridized carbons (Fsp3) is 0.200. The van der Waals surface area contributed by atoms with Crippen LogP contribution in [0.1, 0.15) is 10.4 Å². The molecule has 1 heterocycles. The largest absolute Gasteiger partial charge is 0.494 e. The first kappa shape index (κ1) is 10.4. The highest BCUT2D eigenvalue weighted by Crippen LogP contribution is 2.26. The van der Waals surface area contributed by atoms with E-state index in [1.165, 1.54) is 13.2 Å². The molecule has 0 spiro atoms. The standard InChI is InChI=1S/C10H9FN2O3/c1-16-8-2-5-7(3-6(8)11)13-9(14)4-12-10(5)15/h2-3H,4H2,1H3,(H,12,15)(H,13,14). The molecule has 0 bridgehead atoms. The van der Waals surface area contributed by atoms with E-state index >= 15 is 0 Å². The number of anilines is 1. The van der Waals surface area contributed by atoms with E-state index in [1.807, 2.05) is 0 Å². The Kier molecular flexibility index (Phi) is 2.47. The predicted octanol–water partition coefficient (Wildman–Crippen LogP) is 0.516. The molecule has 1 aliphatic rings. The molecule has 2 rings (SSSR count). The number of hydrogen-bond acceptors (Lipinski definition) is 3. The summed E-state index contributed by atoms with van der Waals surface area (Å²) in [6.07, 6.45) is 0. The van der Waals surface area contributed by atoms with Gasteiger partial charge < -0.3 is 15.4 Å². The first-order valence-electron chi connectivity index (χ1n) is 4.57. The third-order valence-electron chi connectivity index (χ3n) is 2.22. The zero-order chi connectivity index (χ0) is 11.7. The smallest absolute Gasteiger partial charge is 0.253 e. The Morgan fingerprint density at radius 3 is 2.81 bits per heavy atom. The fourth-order valence-corrected chi connectivity index (χ4v) is 1.45. The number of ether oxygens (including phenoxy) is 1. The number of rotatable bonds is 1. The van der Waals surface area contributed by atoms with Crippen LogP contribution >= 0.6 is 0 Å². The molecule has 84 valence electrons. The van der Waals surface area contributed by atoms with Gasteiger partial charge in [0.05, 0.1) is 24.9 Å². The average molecular weight is 224 g/mol. The number of methoxy groups -OCH3 is 1. The normalized spacial score (nSPS) is 14.6. The van der Waals surface area contributed by atoms with Crippen molar-refractivity contribution in [3.63, 3.8) is 0 Å². The number of nitrogens with one attached hydrogen (secondary N) is 2.